The Morgan fingerprint density at radius 1 is 1.10 bits per heavy atom. The fourth-order valence-electron chi connectivity index (χ4n) is 2.94. The van der Waals surface area contributed by atoms with Gasteiger partial charge in [-0.05, 0) is 23.6 Å². The summed E-state index contributed by atoms with van der Waals surface area (Å²) in [4.78, 5) is 25.6. The van der Waals surface area contributed by atoms with Crippen molar-refractivity contribution < 1.29 is 26.8 Å². The Balaban J connectivity index is 1.50. The summed E-state index contributed by atoms with van der Waals surface area (Å²) in [5.41, 5.74) is 0. The number of thiophene rings is 1. The van der Waals surface area contributed by atoms with Crippen LogP contribution in [-0.2, 0) is 14.8 Å². The molecule has 2 aromatic rings. The molecule has 1 fully saturated rings. The number of nitrogens with one attached hydrogen (secondary N) is 1. The van der Waals surface area contributed by atoms with E-state index in [0.29, 0.717) is 10.9 Å². The molecule has 11 heteroatoms. The average Bonchev–Trinajstić information content (AvgIpc) is 3.22. The van der Waals surface area contributed by atoms with E-state index in [1.807, 2.05) is 0 Å². The summed E-state index contributed by atoms with van der Waals surface area (Å²) in [6.07, 6.45) is 0.0937. The molecule has 156 valence electrons. The van der Waals surface area contributed by atoms with Gasteiger partial charge in [-0.15, -0.1) is 11.3 Å². The van der Waals surface area contributed by atoms with E-state index in [2.05, 4.69) is 5.32 Å². The molecule has 1 aromatic heterocycles. The van der Waals surface area contributed by atoms with Crippen molar-refractivity contribution in [3.63, 3.8) is 0 Å². The predicted octanol–water partition coefficient (Wildman–Crippen LogP) is 1.68. The highest BCUT2D eigenvalue weighted by atomic mass is 32.2. The monoisotopic (exact) mass is 443 g/mol. The second-order valence-electron chi connectivity index (χ2n) is 6.34. The van der Waals surface area contributed by atoms with Gasteiger partial charge in [-0.3, -0.25) is 9.59 Å². The Morgan fingerprint density at radius 2 is 1.83 bits per heavy atom. The van der Waals surface area contributed by atoms with Crippen molar-refractivity contribution >= 4 is 33.2 Å². The number of sulfonamides is 1. The van der Waals surface area contributed by atoms with Crippen LogP contribution >= 0.6 is 11.3 Å². The average molecular weight is 443 g/mol. The van der Waals surface area contributed by atoms with Gasteiger partial charge in [0.25, 0.3) is 5.91 Å². The summed E-state index contributed by atoms with van der Waals surface area (Å²) in [7, 11) is -4.11. The zero-order valence-corrected chi connectivity index (χ0v) is 16.9. The molecular formula is C18H19F2N3O4S2. The lowest BCUT2D eigenvalue weighted by atomic mass is 10.3. The van der Waals surface area contributed by atoms with Crippen LogP contribution in [0, 0.1) is 11.6 Å². The van der Waals surface area contributed by atoms with Gasteiger partial charge >= 0.3 is 0 Å². The van der Waals surface area contributed by atoms with E-state index in [9.17, 15) is 26.8 Å². The van der Waals surface area contributed by atoms with Crippen molar-refractivity contribution in [1.29, 1.82) is 0 Å². The van der Waals surface area contributed by atoms with Gasteiger partial charge < -0.3 is 10.2 Å². The Morgan fingerprint density at radius 3 is 2.45 bits per heavy atom. The van der Waals surface area contributed by atoms with Crippen molar-refractivity contribution in [3.8, 4) is 0 Å². The first-order chi connectivity index (χ1) is 13.8. The van der Waals surface area contributed by atoms with E-state index < -0.39 is 26.6 Å². The van der Waals surface area contributed by atoms with Gasteiger partial charge in [-0.2, -0.15) is 4.31 Å². The van der Waals surface area contributed by atoms with Crippen molar-refractivity contribution in [2.75, 3.05) is 32.7 Å². The van der Waals surface area contributed by atoms with E-state index in [1.54, 1.807) is 17.5 Å². The highest BCUT2D eigenvalue weighted by molar-refractivity contribution is 7.89. The number of amides is 2. The highest BCUT2D eigenvalue weighted by Crippen LogP contribution is 2.21. The van der Waals surface area contributed by atoms with Crippen LogP contribution in [0.3, 0.4) is 0 Å². The molecule has 2 heterocycles. The Hall–Kier alpha value is -2.37. The number of halogens is 2. The molecule has 1 saturated heterocycles. The van der Waals surface area contributed by atoms with Crippen molar-refractivity contribution in [2.24, 2.45) is 0 Å². The summed E-state index contributed by atoms with van der Waals surface area (Å²) in [5, 5.41) is 4.45. The maximum atomic E-state index is 13.9. The van der Waals surface area contributed by atoms with Gasteiger partial charge in [0.15, 0.2) is 0 Å². The number of piperazine rings is 1. The molecule has 0 spiro atoms. The summed E-state index contributed by atoms with van der Waals surface area (Å²) in [6.45, 7) is 0.493. The van der Waals surface area contributed by atoms with Crippen LogP contribution in [-0.4, -0.2) is 62.2 Å². The normalized spacial score (nSPS) is 15.3. The van der Waals surface area contributed by atoms with Crippen LogP contribution in [0.1, 0.15) is 16.1 Å². The van der Waals surface area contributed by atoms with Gasteiger partial charge in [0.05, 0.1) is 4.88 Å². The van der Waals surface area contributed by atoms with Gasteiger partial charge in [-0.25, -0.2) is 17.2 Å². The van der Waals surface area contributed by atoms with E-state index in [0.717, 1.165) is 16.4 Å². The molecule has 29 heavy (non-hydrogen) atoms. The molecule has 1 aliphatic heterocycles. The summed E-state index contributed by atoms with van der Waals surface area (Å²) < 4.78 is 53.1. The number of hydrogen-bond acceptors (Lipinski definition) is 5. The first kappa shape index (κ1) is 21.3. The number of carbonyl (C=O) groups excluding carboxylic acids is 2. The summed E-state index contributed by atoms with van der Waals surface area (Å²) in [5.74, 6) is -2.46. The summed E-state index contributed by atoms with van der Waals surface area (Å²) in [6, 6.07) is 5.76. The molecule has 3 rings (SSSR count). The number of carbonyl (C=O) groups is 2. The van der Waals surface area contributed by atoms with Crippen LogP contribution in [0.4, 0.5) is 8.78 Å². The first-order valence-corrected chi connectivity index (χ1v) is 11.2. The molecule has 0 bridgehead atoms. The maximum Gasteiger partial charge on any atom is 0.261 e. The van der Waals surface area contributed by atoms with Gasteiger partial charge in [0, 0.05) is 45.2 Å². The van der Waals surface area contributed by atoms with E-state index in [-0.39, 0.29) is 51.0 Å². The molecule has 1 N–H and O–H groups in total. The van der Waals surface area contributed by atoms with E-state index >= 15 is 0 Å². The molecule has 1 aromatic carbocycles. The molecule has 0 saturated carbocycles. The zero-order valence-electron chi connectivity index (χ0n) is 15.3. The number of benzene rings is 1. The lowest BCUT2D eigenvalue weighted by Gasteiger charge is -2.34. The van der Waals surface area contributed by atoms with Crippen molar-refractivity contribution in [1.82, 2.24) is 14.5 Å². The molecule has 2 amide bonds. The van der Waals surface area contributed by atoms with Gasteiger partial charge in [0.1, 0.15) is 16.5 Å². The third kappa shape index (κ3) is 4.98. The Labute approximate surface area is 171 Å². The predicted molar refractivity (Wildman–Crippen MR) is 103 cm³/mol. The van der Waals surface area contributed by atoms with Crippen LogP contribution in [0.25, 0.3) is 0 Å². The van der Waals surface area contributed by atoms with Crippen molar-refractivity contribution in [2.45, 2.75) is 11.3 Å². The fourth-order valence-corrected chi connectivity index (χ4v) is 5.04. The third-order valence-corrected chi connectivity index (χ3v) is 7.27. The second-order valence-corrected chi connectivity index (χ2v) is 9.20. The number of hydrogen-bond donors (Lipinski definition) is 1. The maximum absolute atomic E-state index is 13.9. The lowest BCUT2D eigenvalue weighted by Crippen LogP contribution is -2.51. The standard InChI is InChI=1S/C18H19F2N3O4S2/c19-13-3-4-16(14(20)12-13)29(26,27)23-9-7-22(8-10-23)17(24)5-6-21-18(25)15-2-1-11-28-15/h1-4,11-12H,5-10H2,(H,21,25). The summed E-state index contributed by atoms with van der Waals surface area (Å²) >= 11 is 1.30. The van der Waals surface area contributed by atoms with Gasteiger partial charge in [0.2, 0.25) is 15.9 Å². The van der Waals surface area contributed by atoms with Crippen LogP contribution in [0.15, 0.2) is 40.6 Å². The zero-order chi connectivity index (χ0) is 21.0. The largest absolute Gasteiger partial charge is 0.351 e. The van der Waals surface area contributed by atoms with Gasteiger partial charge in [-0.1, -0.05) is 6.07 Å². The molecular weight excluding hydrogens is 424 g/mol. The highest BCUT2D eigenvalue weighted by Gasteiger charge is 2.32. The SMILES string of the molecule is O=C(NCCC(=O)N1CCN(S(=O)(=O)c2ccc(F)cc2F)CC1)c1cccs1. The van der Waals surface area contributed by atoms with Crippen LogP contribution in [0.5, 0.6) is 0 Å². The fraction of sp³-hybridized carbons (Fsp3) is 0.333. The topological polar surface area (TPSA) is 86.8 Å². The van der Waals surface area contributed by atoms with E-state index in [1.165, 1.54) is 16.2 Å². The quantitative estimate of drug-likeness (QED) is 0.736. The molecule has 0 aliphatic carbocycles. The molecule has 0 radical (unpaired) electrons. The molecule has 1 aliphatic rings. The first-order valence-electron chi connectivity index (χ1n) is 8.84. The second kappa shape index (κ2) is 8.97. The van der Waals surface area contributed by atoms with Crippen molar-refractivity contribution in [3.05, 3.63) is 52.2 Å². The lowest BCUT2D eigenvalue weighted by molar-refractivity contribution is -0.132. The number of rotatable bonds is 6. The minimum Gasteiger partial charge on any atom is -0.351 e. The molecule has 0 atom stereocenters. The minimum absolute atomic E-state index is 0.00639. The smallest absolute Gasteiger partial charge is 0.261 e. The minimum atomic E-state index is -4.11. The van der Waals surface area contributed by atoms with Crippen LogP contribution in [0.2, 0.25) is 0 Å². The Kier molecular flexibility index (Phi) is 6.60. The molecule has 7 nitrogen and oxygen atoms in total. The Bertz CT molecular complexity index is 989. The third-order valence-electron chi connectivity index (χ3n) is 4.47. The van der Waals surface area contributed by atoms with Crippen LogP contribution < -0.4 is 5.32 Å². The molecule has 0 unspecified atom stereocenters. The number of nitrogens with zero attached hydrogens (tertiary/aromatic N) is 2. The van der Waals surface area contributed by atoms with E-state index in [4.69, 9.17) is 0 Å².